The van der Waals surface area contributed by atoms with Crippen molar-refractivity contribution in [1.82, 2.24) is 4.31 Å². The smallest absolute Gasteiger partial charge is 0.246 e. The Balaban J connectivity index is 3.17. The quantitative estimate of drug-likeness (QED) is 0.727. The van der Waals surface area contributed by atoms with Gasteiger partial charge in [-0.3, -0.25) is 0 Å². The van der Waals surface area contributed by atoms with E-state index < -0.39 is 19.9 Å². The second-order valence-electron chi connectivity index (χ2n) is 4.61. The Kier molecular flexibility index (Phi) is 5.29. The standard InChI is InChI=1S/C11H18ClNO5S2/c1-8-10(7-12)11(9(2)18-8)20(16,17)13(3)5-6-19(4,14)15/h5-7H2,1-4H3. The van der Waals surface area contributed by atoms with E-state index in [2.05, 4.69) is 0 Å². The summed E-state index contributed by atoms with van der Waals surface area (Å²) in [6.07, 6.45) is 1.06. The van der Waals surface area contributed by atoms with Gasteiger partial charge in [0.1, 0.15) is 26.3 Å². The van der Waals surface area contributed by atoms with E-state index in [1.54, 1.807) is 13.8 Å². The summed E-state index contributed by atoms with van der Waals surface area (Å²) < 4.78 is 53.5. The Morgan fingerprint density at radius 1 is 1.15 bits per heavy atom. The van der Waals surface area contributed by atoms with Crippen molar-refractivity contribution in [1.29, 1.82) is 0 Å². The fraction of sp³-hybridized carbons (Fsp3) is 0.636. The monoisotopic (exact) mass is 343 g/mol. The van der Waals surface area contributed by atoms with Crippen molar-refractivity contribution in [3.05, 3.63) is 17.1 Å². The Bertz CT molecular complexity index is 691. The van der Waals surface area contributed by atoms with Crippen LogP contribution in [0.5, 0.6) is 0 Å². The number of hydrogen-bond donors (Lipinski definition) is 0. The van der Waals surface area contributed by atoms with Gasteiger partial charge in [-0.15, -0.1) is 11.6 Å². The van der Waals surface area contributed by atoms with Crippen molar-refractivity contribution in [3.8, 4) is 0 Å². The molecule has 0 spiro atoms. The second-order valence-corrected chi connectivity index (χ2v) is 9.12. The number of sulfonamides is 1. The molecule has 0 amide bonds. The summed E-state index contributed by atoms with van der Waals surface area (Å²) in [6.45, 7) is 3.06. The van der Waals surface area contributed by atoms with Crippen LogP contribution < -0.4 is 0 Å². The summed E-state index contributed by atoms with van der Waals surface area (Å²) in [5.74, 6) is 0.476. The van der Waals surface area contributed by atoms with Crippen molar-refractivity contribution in [2.45, 2.75) is 24.6 Å². The highest BCUT2D eigenvalue weighted by molar-refractivity contribution is 7.91. The summed E-state index contributed by atoms with van der Waals surface area (Å²) in [4.78, 5) is 0.0287. The highest BCUT2D eigenvalue weighted by Crippen LogP contribution is 2.29. The van der Waals surface area contributed by atoms with Gasteiger partial charge in [-0.05, 0) is 13.8 Å². The lowest BCUT2D eigenvalue weighted by Gasteiger charge is -2.17. The second kappa shape index (κ2) is 6.05. The van der Waals surface area contributed by atoms with Crippen molar-refractivity contribution < 1.29 is 21.3 Å². The first-order chi connectivity index (χ1) is 9.00. The van der Waals surface area contributed by atoms with Crippen LogP contribution in [-0.4, -0.2) is 46.7 Å². The van der Waals surface area contributed by atoms with Gasteiger partial charge in [0.2, 0.25) is 10.0 Å². The zero-order chi connectivity index (χ0) is 15.7. The van der Waals surface area contributed by atoms with Gasteiger partial charge in [0.05, 0.1) is 11.6 Å². The van der Waals surface area contributed by atoms with E-state index in [-0.39, 0.29) is 28.8 Å². The lowest BCUT2D eigenvalue weighted by atomic mass is 10.3. The van der Waals surface area contributed by atoms with Gasteiger partial charge in [0.15, 0.2) is 0 Å². The fourth-order valence-corrected chi connectivity index (χ4v) is 4.47. The van der Waals surface area contributed by atoms with Gasteiger partial charge in [-0.25, -0.2) is 16.8 Å². The topological polar surface area (TPSA) is 84.7 Å². The molecule has 1 aromatic rings. The van der Waals surface area contributed by atoms with Gasteiger partial charge < -0.3 is 4.42 Å². The third-order valence-electron chi connectivity index (χ3n) is 2.90. The Labute approximate surface area is 124 Å². The minimum Gasteiger partial charge on any atom is -0.465 e. The van der Waals surface area contributed by atoms with Crippen molar-refractivity contribution >= 4 is 31.5 Å². The average molecular weight is 344 g/mol. The molecular formula is C11H18ClNO5S2. The number of alkyl halides is 1. The van der Waals surface area contributed by atoms with E-state index in [4.69, 9.17) is 16.0 Å². The normalized spacial score (nSPS) is 13.1. The molecule has 1 rings (SSSR count). The molecule has 0 atom stereocenters. The first kappa shape index (κ1) is 17.5. The van der Waals surface area contributed by atoms with Crippen LogP contribution in [0.25, 0.3) is 0 Å². The van der Waals surface area contributed by atoms with Gasteiger partial charge in [-0.2, -0.15) is 4.31 Å². The molecule has 0 bridgehead atoms. The summed E-state index contributed by atoms with van der Waals surface area (Å²) in [5.41, 5.74) is 0.412. The minimum atomic E-state index is -3.82. The van der Waals surface area contributed by atoms with E-state index >= 15 is 0 Å². The van der Waals surface area contributed by atoms with Gasteiger partial charge in [0, 0.05) is 25.4 Å². The van der Waals surface area contributed by atoms with Crippen LogP contribution in [0.15, 0.2) is 9.31 Å². The first-order valence-corrected chi connectivity index (χ1v) is 9.83. The zero-order valence-corrected chi connectivity index (χ0v) is 14.2. The summed E-state index contributed by atoms with van der Waals surface area (Å²) in [6, 6.07) is 0. The van der Waals surface area contributed by atoms with Crippen LogP contribution in [0, 0.1) is 13.8 Å². The van der Waals surface area contributed by atoms with E-state index in [0.717, 1.165) is 10.6 Å². The number of rotatable bonds is 6. The minimum absolute atomic E-state index is 0.0116. The van der Waals surface area contributed by atoms with Gasteiger partial charge in [-0.1, -0.05) is 0 Å². The molecular weight excluding hydrogens is 326 g/mol. The van der Waals surface area contributed by atoms with Crippen LogP contribution in [-0.2, 0) is 25.7 Å². The Morgan fingerprint density at radius 3 is 2.15 bits per heavy atom. The molecule has 0 saturated heterocycles. The fourth-order valence-electron chi connectivity index (χ4n) is 1.77. The lowest BCUT2D eigenvalue weighted by molar-refractivity contribution is 0.473. The van der Waals surface area contributed by atoms with E-state index in [1.807, 2.05) is 0 Å². The Hall–Kier alpha value is -0.570. The van der Waals surface area contributed by atoms with Crippen LogP contribution in [0.4, 0.5) is 0 Å². The predicted octanol–water partition coefficient (Wildman–Crippen LogP) is 1.30. The molecule has 20 heavy (non-hydrogen) atoms. The number of furan rings is 1. The molecule has 0 unspecified atom stereocenters. The molecule has 1 aromatic heterocycles. The molecule has 116 valence electrons. The first-order valence-electron chi connectivity index (χ1n) is 5.79. The maximum Gasteiger partial charge on any atom is 0.246 e. The molecule has 0 aliphatic heterocycles. The van der Waals surface area contributed by atoms with Crippen LogP contribution in [0.2, 0.25) is 0 Å². The molecule has 6 nitrogen and oxygen atoms in total. The molecule has 0 aromatic carbocycles. The molecule has 9 heteroatoms. The third kappa shape index (κ3) is 3.75. The highest BCUT2D eigenvalue weighted by atomic mass is 35.5. The van der Waals surface area contributed by atoms with Crippen LogP contribution in [0.1, 0.15) is 17.1 Å². The predicted molar refractivity (Wildman–Crippen MR) is 77.3 cm³/mol. The maximum absolute atomic E-state index is 12.5. The van der Waals surface area contributed by atoms with Crippen molar-refractivity contribution in [2.24, 2.45) is 0 Å². The van der Waals surface area contributed by atoms with Crippen molar-refractivity contribution in [3.63, 3.8) is 0 Å². The maximum atomic E-state index is 12.5. The highest BCUT2D eigenvalue weighted by Gasteiger charge is 2.30. The Morgan fingerprint density at radius 2 is 1.70 bits per heavy atom. The SMILES string of the molecule is Cc1oc(C)c(S(=O)(=O)N(C)CCS(C)(=O)=O)c1CCl. The number of sulfone groups is 1. The van der Waals surface area contributed by atoms with E-state index in [9.17, 15) is 16.8 Å². The van der Waals surface area contributed by atoms with Gasteiger partial charge >= 0.3 is 0 Å². The number of halogens is 1. The van der Waals surface area contributed by atoms with Crippen LogP contribution in [0.3, 0.4) is 0 Å². The molecule has 0 aliphatic carbocycles. The molecule has 1 heterocycles. The number of hydrogen-bond acceptors (Lipinski definition) is 5. The summed E-state index contributed by atoms with van der Waals surface area (Å²) >= 11 is 5.77. The third-order valence-corrected chi connectivity index (χ3v) is 6.15. The van der Waals surface area contributed by atoms with Gasteiger partial charge in [0.25, 0.3) is 0 Å². The molecule has 0 radical (unpaired) electrons. The van der Waals surface area contributed by atoms with E-state index in [1.165, 1.54) is 7.05 Å². The summed E-state index contributed by atoms with van der Waals surface area (Å²) in [7, 11) is -5.73. The van der Waals surface area contributed by atoms with E-state index in [0.29, 0.717) is 11.3 Å². The molecule has 0 N–H and O–H groups in total. The number of aryl methyl sites for hydroxylation is 2. The van der Waals surface area contributed by atoms with Crippen molar-refractivity contribution in [2.75, 3.05) is 25.6 Å². The average Bonchev–Trinajstić information content (AvgIpc) is 2.59. The largest absolute Gasteiger partial charge is 0.465 e. The number of nitrogens with zero attached hydrogens (tertiary/aromatic N) is 1. The molecule has 0 aliphatic rings. The summed E-state index contributed by atoms with van der Waals surface area (Å²) in [5, 5.41) is 0. The molecule has 0 fully saturated rings. The zero-order valence-electron chi connectivity index (χ0n) is 11.8. The molecule has 0 saturated carbocycles. The van der Waals surface area contributed by atoms with Crippen LogP contribution >= 0.6 is 11.6 Å². The lowest BCUT2D eigenvalue weighted by Crippen LogP contribution is -2.32.